The molecule has 0 unspecified atom stereocenters. The fraction of sp³-hybridized carbons (Fsp3) is 0.0476. The largest absolute Gasteiger partial charge is 0.356 e. The highest BCUT2D eigenvalue weighted by atomic mass is 15.0. The molecule has 0 aliphatic heterocycles. The Hall–Kier alpha value is -3.00. The van der Waals surface area contributed by atoms with E-state index in [1.165, 1.54) is 22.3 Å². The van der Waals surface area contributed by atoms with E-state index in [4.69, 9.17) is 0 Å². The second kappa shape index (κ2) is 5.65. The Labute approximate surface area is 136 Å². The van der Waals surface area contributed by atoms with Gasteiger partial charge in [0.25, 0.3) is 0 Å². The lowest BCUT2D eigenvalue weighted by molar-refractivity contribution is 1.05. The molecule has 0 aliphatic carbocycles. The van der Waals surface area contributed by atoms with E-state index in [0.717, 1.165) is 11.4 Å². The van der Waals surface area contributed by atoms with E-state index in [1.54, 1.807) is 0 Å². The Balaban J connectivity index is 1.69. The first kappa shape index (κ1) is 13.6. The summed E-state index contributed by atoms with van der Waals surface area (Å²) in [5, 5.41) is 4.69. The molecule has 0 saturated heterocycles. The maximum absolute atomic E-state index is 3.42. The fourth-order valence-electron chi connectivity index (χ4n) is 3.02. The van der Waals surface area contributed by atoms with Crippen LogP contribution in [-0.4, -0.2) is 4.57 Å². The smallest absolute Gasteiger partial charge is 0.0531 e. The molecule has 0 saturated carbocycles. The molecular formula is C21H18N2. The minimum Gasteiger partial charge on any atom is -0.356 e. The predicted octanol–water partition coefficient (Wildman–Crippen LogP) is 5.68. The van der Waals surface area contributed by atoms with E-state index in [2.05, 4.69) is 83.5 Å². The van der Waals surface area contributed by atoms with Gasteiger partial charge in [-0.15, -0.1) is 0 Å². The lowest BCUT2D eigenvalue weighted by atomic mass is 10.2. The monoisotopic (exact) mass is 298 g/mol. The van der Waals surface area contributed by atoms with Gasteiger partial charge in [-0.05, 0) is 55.5 Å². The van der Waals surface area contributed by atoms with Gasteiger partial charge in [0.15, 0.2) is 0 Å². The Bertz CT molecular complexity index is 935. The van der Waals surface area contributed by atoms with E-state index in [1.807, 2.05) is 18.2 Å². The van der Waals surface area contributed by atoms with Crippen molar-refractivity contribution in [2.75, 3.05) is 5.32 Å². The normalized spacial score (nSPS) is 10.8. The highest BCUT2D eigenvalue weighted by Gasteiger charge is 2.06. The molecule has 0 amide bonds. The Morgan fingerprint density at radius 3 is 2.13 bits per heavy atom. The van der Waals surface area contributed by atoms with Crippen LogP contribution in [0.25, 0.3) is 16.6 Å². The summed E-state index contributed by atoms with van der Waals surface area (Å²) in [7, 11) is 0. The summed E-state index contributed by atoms with van der Waals surface area (Å²) in [6.45, 7) is 2.15. The van der Waals surface area contributed by atoms with Crippen molar-refractivity contribution >= 4 is 22.3 Å². The zero-order chi connectivity index (χ0) is 15.6. The van der Waals surface area contributed by atoms with E-state index in [-0.39, 0.29) is 0 Å². The maximum Gasteiger partial charge on any atom is 0.0531 e. The van der Waals surface area contributed by atoms with Crippen molar-refractivity contribution in [3.05, 3.63) is 90.6 Å². The first-order chi connectivity index (χ1) is 11.3. The molecule has 1 aromatic heterocycles. The van der Waals surface area contributed by atoms with Gasteiger partial charge in [0.1, 0.15) is 0 Å². The molecule has 2 nitrogen and oxygen atoms in total. The van der Waals surface area contributed by atoms with E-state index < -0.39 is 0 Å². The van der Waals surface area contributed by atoms with E-state index >= 15 is 0 Å². The third kappa shape index (κ3) is 2.59. The molecule has 4 aromatic rings. The molecule has 0 atom stereocenters. The van der Waals surface area contributed by atoms with Crippen molar-refractivity contribution in [2.45, 2.75) is 6.92 Å². The Morgan fingerprint density at radius 1 is 0.696 bits per heavy atom. The van der Waals surface area contributed by atoms with Crippen LogP contribution in [0.4, 0.5) is 11.4 Å². The number of hydrogen-bond donors (Lipinski definition) is 1. The number of rotatable bonds is 3. The van der Waals surface area contributed by atoms with Gasteiger partial charge in [0.05, 0.1) is 5.52 Å². The van der Waals surface area contributed by atoms with Gasteiger partial charge in [0.2, 0.25) is 0 Å². The first-order valence-electron chi connectivity index (χ1n) is 7.81. The van der Waals surface area contributed by atoms with Gasteiger partial charge in [-0.2, -0.15) is 0 Å². The number of benzene rings is 3. The van der Waals surface area contributed by atoms with Crippen LogP contribution < -0.4 is 5.32 Å². The summed E-state index contributed by atoms with van der Waals surface area (Å²) < 4.78 is 2.29. The number of aromatic nitrogens is 1. The van der Waals surface area contributed by atoms with Gasteiger partial charge in [-0.25, -0.2) is 0 Å². The van der Waals surface area contributed by atoms with Crippen LogP contribution in [0.15, 0.2) is 84.9 Å². The number of nitrogens with zero attached hydrogens (tertiary/aromatic N) is 1. The van der Waals surface area contributed by atoms with E-state index in [0.29, 0.717) is 0 Å². The molecular weight excluding hydrogens is 280 g/mol. The van der Waals surface area contributed by atoms with Crippen molar-refractivity contribution in [3.63, 3.8) is 0 Å². The second-order valence-corrected chi connectivity index (χ2v) is 5.72. The summed E-state index contributed by atoms with van der Waals surface area (Å²) in [4.78, 5) is 0. The molecule has 1 N–H and O–H groups in total. The molecule has 0 aliphatic rings. The van der Waals surface area contributed by atoms with Crippen LogP contribution in [0.1, 0.15) is 5.69 Å². The molecule has 0 spiro atoms. The third-order valence-corrected chi connectivity index (χ3v) is 4.08. The average molecular weight is 298 g/mol. The number of aryl methyl sites for hydroxylation is 1. The zero-order valence-corrected chi connectivity index (χ0v) is 13.0. The minimum absolute atomic E-state index is 1.09. The van der Waals surface area contributed by atoms with Gasteiger partial charge in [-0.3, -0.25) is 0 Å². The summed E-state index contributed by atoms with van der Waals surface area (Å²) in [6, 6.07) is 29.5. The third-order valence-electron chi connectivity index (χ3n) is 4.08. The van der Waals surface area contributed by atoms with Crippen LogP contribution in [0, 0.1) is 6.92 Å². The van der Waals surface area contributed by atoms with Crippen LogP contribution in [0.3, 0.4) is 0 Å². The highest BCUT2D eigenvalue weighted by molar-refractivity contribution is 5.83. The molecule has 3 aromatic carbocycles. The quantitative estimate of drug-likeness (QED) is 0.514. The zero-order valence-electron chi connectivity index (χ0n) is 13.0. The van der Waals surface area contributed by atoms with Gasteiger partial charge >= 0.3 is 0 Å². The predicted molar refractivity (Wildman–Crippen MR) is 97.7 cm³/mol. The number of hydrogen-bond acceptors (Lipinski definition) is 1. The number of anilines is 2. The van der Waals surface area contributed by atoms with Crippen LogP contribution in [0.5, 0.6) is 0 Å². The standard InChI is InChI=1S/C21H18N2/c1-16-15-17-7-5-6-10-21(17)23(16)20-13-11-19(12-14-20)22-18-8-3-2-4-9-18/h2-15,22H,1H3. The summed E-state index contributed by atoms with van der Waals surface area (Å²) in [5.41, 5.74) is 5.86. The molecule has 0 radical (unpaired) electrons. The summed E-state index contributed by atoms with van der Waals surface area (Å²) >= 11 is 0. The Kier molecular flexibility index (Phi) is 3.35. The number of fused-ring (bicyclic) bond motifs is 1. The van der Waals surface area contributed by atoms with E-state index in [9.17, 15) is 0 Å². The number of nitrogens with one attached hydrogen (secondary N) is 1. The maximum atomic E-state index is 3.42. The van der Waals surface area contributed by atoms with Crippen LogP contribution in [-0.2, 0) is 0 Å². The molecule has 112 valence electrons. The van der Waals surface area contributed by atoms with Crippen molar-refractivity contribution in [3.8, 4) is 5.69 Å². The first-order valence-corrected chi connectivity index (χ1v) is 7.81. The van der Waals surface area contributed by atoms with Gasteiger partial charge in [-0.1, -0.05) is 36.4 Å². The lowest BCUT2D eigenvalue weighted by Crippen LogP contribution is -1.96. The van der Waals surface area contributed by atoms with Gasteiger partial charge < -0.3 is 9.88 Å². The second-order valence-electron chi connectivity index (χ2n) is 5.72. The van der Waals surface area contributed by atoms with Crippen molar-refractivity contribution in [1.82, 2.24) is 4.57 Å². The van der Waals surface area contributed by atoms with Crippen molar-refractivity contribution in [1.29, 1.82) is 0 Å². The summed E-state index contributed by atoms with van der Waals surface area (Å²) in [6.07, 6.45) is 0. The fourth-order valence-corrected chi connectivity index (χ4v) is 3.02. The highest BCUT2D eigenvalue weighted by Crippen LogP contribution is 2.25. The molecule has 1 heterocycles. The van der Waals surface area contributed by atoms with Crippen molar-refractivity contribution in [2.24, 2.45) is 0 Å². The minimum atomic E-state index is 1.09. The SMILES string of the molecule is Cc1cc2ccccc2n1-c1ccc(Nc2ccccc2)cc1. The number of para-hydroxylation sites is 2. The van der Waals surface area contributed by atoms with Crippen molar-refractivity contribution < 1.29 is 0 Å². The molecule has 0 fully saturated rings. The molecule has 0 bridgehead atoms. The molecule has 2 heteroatoms. The molecule has 23 heavy (non-hydrogen) atoms. The molecule has 4 rings (SSSR count). The van der Waals surface area contributed by atoms with Crippen LogP contribution in [0.2, 0.25) is 0 Å². The van der Waals surface area contributed by atoms with Crippen LogP contribution >= 0.6 is 0 Å². The summed E-state index contributed by atoms with van der Waals surface area (Å²) in [5.74, 6) is 0. The van der Waals surface area contributed by atoms with Gasteiger partial charge in [0, 0.05) is 28.1 Å². The topological polar surface area (TPSA) is 17.0 Å². The average Bonchev–Trinajstić information content (AvgIpc) is 2.92. The Morgan fingerprint density at radius 2 is 1.35 bits per heavy atom. The lowest BCUT2D eigenvalue weighted by Gasteiger charge is -2.11.